The molecule has 0 aliphatic heterocycles. The Morgan fingerprint density at radius 1 is 1.36 bits per heavy atom. The van der Waals surface area contributed by atoms with Crippen LogP contribution in [0.5, 0.6) is 0 Å². The summed E-state index contributed by atoms with van der Waals surface area (Å²) in [5, 5.41) is 12.3. The summed E-state index contributed by atoms with van der Waals surface area (Å²) in [5.74, 6) is -0.333. The Bertz CT molecular complexity index is 974. The normalized spacial score (nSPS) is 13.3. The molecule has 132 valence electrons. The molecule has 0 spiro atoms. The number of nitrogens with zero attached hydrogens (tertiary/aromatic N) is 2. The molecule has 3 N–H and O–H groups in total. The fourth-order valence-electron chi connectivity index (χ4n) is 2.61. The molecule has 0 radical (unpaired) electrons. The number of aliphatic hydroxyl groups is 1. The first kappa shape index (κ1) is 18.0. The number of ketones is 1. The lowest BCUT2D eigenvalue weighted by Crippen LogP contribution is -2.02. The summed E-state index contributed by atoms with van der Waals surface area (Å²) >= 11 is 1.14. The third-order valence-corrected chi connectivity index (χ3v) is 5.35. The molecule has 0 aliphatic rings. The van der Waals surface area contributed by atoms with Gasteiger partial charge in [0.15, 0.2) is 5.01 Å². The van der Waals surface area contributed by atoms with Crippen molar-refractivity contribution in [2.45, 2.75) is 25.7 Å². The molecule has 0 amide bonds. The van der Waals surface area contributed by atoms with E-state index in [1.807, 2.05) is 6.92 Å². The van der Waals surface area contributed by atoms with Crippen LogP contribution >= 0.6 is 18.9 Å². The predicted molar refractivity (Wildman–Crippen MR) is 94.8 cm³/mol. The van der Waals surface area contributed by atoms with Gasteiger partial charge in [0.25, 0.3) is 0 Å². The van der Waals surface area contributed by atoms with Crippen molar-refractivity contribution in [2.24, 2.45) is 0 Å². The molecule has 0 unspecified atom stereocenters. The Morgan fingerprint density at radius 3 is 2.76 bits per heavy atom. The minimum atomic E-state index is -4.29. The fourth-order valence-corrected chi connectivity index (χ4v) is 4.06. The van der Waals surface area contributed by atoms with Gasteiger partial charge < -0.3 is 19.5 Å². The molecule has 1 atom stereocenters. The van der Waals surface area contributed by atoms with E-state index < -0.39 is 20.0 Å². The van der Waals surface area contributed by atoms with Gasteiger partial charge in [-0.1, -0.05) is 25.1 Å². The van der Waals surface area contributed by atoms with Gasteiger partial charge in [-0.3, -0.25) is 9.36 Å². The Hall–Kier alpha value is -1.83. The van der Waals surface area contributed by atoms with Gasteiger partial charge in [-0.15, -0.1) is 11.3 Å². The van der Waals surface area contributed by atoms with Crippen LogP contribution in [0.1, 0.15) is 40.5 Å². The molecule has 7 nitrogen and oxygen atoms in total. The highest BCUT2D eigenvalue weighted by molar-refractivity contribution is 7.50. The van der Waals surface area contributed by atoms with Gasteiger partial charge in [0.1, 0.15) is 6.29 Å². The maximum Gasteiger partial charge on any atom is 0.345 e. The van der Waals surface area contributed by atoms with E-state index in [2.05, 4.69) is 4.98 Å². The van der Waals surface area contributed by atoms with Gasteiger partial charge in [0, 0.05) is 22.5 Å². The van der Waals surface area contributed by atoms with E-state index in [4.69, 9.17) is 0 Å². The smallest absolute Gasteiger partial charge is 0.345 e. The van der Waals surface area contributed by atoms with Crippen LogP contribution in [0.3, 0.4) is 0 Å². The standard InChI is InChI=1S/C16H17N2O5PS/c1-2-14(19)12-8-25-16(17-12)15(20)11-7-18(9-24(21,22)23)13-6-4-3-5-10(11)13/h3-8,14,19H,2,9H2,1H3,(H2,21,22,23)/t14-/m1/s1. The first-order valence-electron chi connectivity index (χ1n) is 7.60. The molecule has 2 aromatic heterocycles. The number of aromatic nitrogens is 2. The summed E-state index contributed by atoms with van der Waals surface area (Å²) in [7, 11) is -4.29. The van der Waals surface area contributed by atoms with Crippen LogP contribution in [-0.4, -0.2) is 30.2 Å². The number of aliphatic hydroxyl groups excluding tert-OH is 1. The van der Waals surface area contributed by atoms with E-state index in [-0.39, 0.29) is 10.8 Å². The van der Waals surface area contributed by atoms with Crippen molar-refractivity contribution in [1.29, 1.82) is 0 Å². The van der Waals surface area contributed by atoms with Crippen LogP contribution in [0.15, 0.2) is 35.8 Å². The highest BCUT2D eigenvalue weighted by atomic mass is 32.1. The second-order valence-corrected chi connectivity index (χ2v) is 8.14. The molecular weight excluding hydrogens is 363 g/mol. The second-order valence-electron chi connectivity index (χ2n) is 5.67. The lowest BCUT2D eigenvalue weighted by Gasteiger charge is -2.06. The minimum absolute atomic E-state index is 0.238. The van der Waals surface area contributed by atoms with Crippen LogP contribution in [0.2, 0.25) is 0 Å². The van der Waals surface area contributed by atoms with Crippen LogP contribution in [0, 0.1) is 0 Å². The highest BCUT2D eigenvalue weighted by Crippen LogP contribution is 2.38. The van der Waals surface area contributed by atoms with E-state index in [9.17, 15) is 24.3 Å². The summed E-state index contributed by atoms with van der Waals surface area (Å²) in [6.45, 7) is 1.82. The van der Waals surface area contributed by atoms with Gasteiger partial charge in [-0.2, -0.15) is 0 Å². The molecule has 2 heterocycles. The molecular formula is C16H17N2O5PS. The number of carbonyl (C=O) groups is 1. The average Bonchev–Trinajstić information content (AvgIpc) is 3.18. The molecule has 1 aromatic carbocycles. The molecule has 0 bridgehead atoms. The van der Waals surface area contributed by atoms with E-state index in [1.165, 1.54) is 10.8 Å². The number of thiazole rings is 1. The van der Waals surface area contributed by atoms with Crippen LogP contribution < -0.4 is 0 Å². The highest BCUT2D eigenvalue weighted by Gasteiger charge is 2.23. The van der Waals surface area contributed by atoms with E-state index in [0.29, 0.717) is 28.6 Å². The maximum absolute atomic E-state index is 12.8. The average molecular weight is 380 g/mol. The molecule has 0 aliphatic carbocycles. The number of hydrogen-bond donors (Lipinski definition) is 3. The fraction of sp³-hybridized carbons (Fsp3) is 0.250. The number of fused-ring (bicyclic) bond motifs is 1. The van der Waals surface area contributed by atoms with E-state index in [0.717, 1.165) is 11.3 Å². The lowest BCUT2D eigenvalue weighted by molar-refractivity contribution is 0.103. The minimum Gasteiger partial charge on any atom is -0.387 e. The van der Waals surface area contributed by atoms with Crippen LogP contribution in [-0.2, 0) is 10.9 Å². The first-order chi connectivity index (χ1) is 11.8. The van der Waals surface area contributed by atoms with Crippen molar-refractivity contribution in [3.8, 4) is 0 Å². The van der Waals surface area contributed by atoms with Crippen LogP contribution in [0.4, 0.5) is 0 Å². The molecule has 25 heavy (non-hydrogen) atoms. The van der Waals surface area contributed by atoms with Gasteiger partial charge in [0.05, 0.1) is 17.4 Å². The first-order valence-corrected chi connectivity index (χ1v) is 10.3. The summed E-state index contributed by atoms with van der Waals surface area (Å²) in [5.41, 5.74) is 1.35. The Balaban J connectivity index is 2.05. The zero-order valence-corrected chi connectivity index (χ0v) is 15.1. The van der Waals surface area contributed by atoms with E-state index >= 15 is 0 Å². The monoisotopic (exact) mass is 380 g/mol. The third kappa shape index (κ3) is 3.73. The van der Waals surface area contributed by atoms with Crippen molar-refractivity contribution >= 4 is 35.6 Å². The number of benzene rings is 1. The maximum atomic E-state index is 12.8. The van der Waals surface area contributed by atoms with Crippen molar-refractivity contribution in [3.63, 3.8) is 0 Å². The number of para-hydroxylation sites is 1. The number of hydrogen-bond acceptors (Lipinski definition) is 5. The SMILES string of the molecule is CC[C@@H](O)c1csc(C(=O)c2cn(CP(=O)(O)O)c3ccccc23)n1. The largest absolute Gasteiger partial charge is 0.387 e. The van der Waals surface area contributed by atoms with Crippen molar-refractivity contribution < 1.29 is 24.3 Å². The Labute approximate surface area is 147 Å². The number of rotatable bonds is 6. The molecule has 3 rings (SSSR count). The quantitative estimate of drug-likeness (QED) is 0.448. The lowest BCUT2D eigenvalue weighted by atomic mass is 10.1. The Morgan fingerprint density at radius 2 is 2.08 bits per heavy atom. The third-order valence-electron chi connectivity index (χ3n) is 3.81. The van der Waals surface area contributed by atoms with Crippen LogP contribution in [0.25, 0.3) is 10.9 Å². The molecule has 0 saturated heterocycles. The van der Waals surface area contributed by atoms with Gasteiger partial charge >= 0.3 is 7.60 Å². The van der Waals surface area contributed by atoms with Crippen molar-refractivity contribution in [3.05, 3.63) is 52.1 Å². The topological polar surface area (TPSA) is 113 Å². The van der Waals surface area contributed by atoms with Crippen molar-refractivity contribution in [2.75, 3.05) is 0 Å². The van der Waals surface area contributed by atoms with Gasteiger partial charge in [-0.25, -0.2) is 4.98 Å². The zero-order chi connectivity index (χ0) is 18.2. The summed E-state index contributed by atoms with van der Waals surface area (Å²) in [4.78, 5) is 35.5. The van der Waals surface area contributed by atoms with Crippen molar-refractivity contribution in [1.82, 2.24) is 9.55 Å². The molecule has 0 saturated carbocycles. The van der Waals surface area contributed by atoms with E-state index in [1.54, 1.807) is 29.6 Å². The molecule has 0 fully saturated rings. The second kappa shape index (κ2) is 6.82. The summed E-state index contributed by atoms with van der Waals surface area (Å²) in [6, 6.07) is 6.94. The van der Waals surface area contributed by atoms with Gasteiger partial charge in [0.2, 0.25) is 5.78 Å². The summed E-state index contributed by atoms with van der Waals surface area (Å²) < 4.78 is 12.7. The zero-order valence-electron chi connectivity index (χ0n) is 13.4. The summed E-state index contributed by atoms with van der Waals surface area (Å²) in [6.07, 6.45) is 0.731. The molecule has 3 aromatic rings. The number of carbonyl (C=O) groups excluding carboxylic acids is 1. The Kier molecular flexibility index (Phi) is 4.90. The molecule has 9 heteroatoms. The van der Waals surface area contributed by atoms with Gasteiger partial charge in [-0.05, 0) is 12.5 Å². The predicted octanol–water partition coefficient (Wildman–Crippen LogP) is 2.91.